The van der Waals surface area contributed by atoms with E-state index in [4.69, 9.17) is 0 Å². The fourth-order valence-electron chi connectivity index (χ4n) is 4.46. The molecule has 3 fully saturated rings. The molecule has 3 aliphatic rings. The minimum atomic E-state index is 0.00356. The molecule has 0 bridgehead atoms. The molecule has 0 aromatic heterocycles. The van der Waals surface area contributed by atoms with Crippen molar-refractivity contribution in [1.82, 2.24) is 15.1 Å². The van der Waals surface area contributed by atoms with E-state index >= 15 is 0 Å². The second-order valence-electron chi connectivity index (χ2n) is 7.96. The highest BCUT2D eigenvalue weighted by Gasteiger charge is 2.43. The molecule has 3 unspecified atom stereocenters. The predicted molar refractivity (Wildman–Crippen MR) is 85.2 cm³/mol. The minimum Gasteiger partial charge on any atom is -0.336 e. The summed E-state index contributed by atoms with van der Waals surface area (Å²) in [6.07, 6.45) is 6.24. The number of carbonyl (C=O) groups is 1. The Morgan fingerprint density at radius 3 is 2.76 bits per heavy atom. The molecule has 0 radical (unpaired) electrons. The van der Waals surface area contributed by atoms with Crippen LogP contribution in [0, 0.1) is 5.41 Å². The number of piperidine rings is 2. The van der Waals surface area contributed by atoms with Crippen LogP contribution >= 0.6 is 0 Å². The summed E-state index contributed by atoms with van der Waals surface area (Å²) in [6, 6.07) is 0.959. The molecule has 120 valence electrons. The Hall–Kier alpha value is -0.610. The van der Waals surface area contributed by atoms with Crippen molar-refractivity contribution in [3.8, 4) is 0 Å². The van der Waals surface area contributed by atoms with Gasteiger partial charge in [0, 0.05) is 25.2 Å². The number of piperazine rings is 1. The van der Waals surface area contributed by atoms with Gasteiger partial charge in [0.05, 0.1) is 6.04 Å². The molecule has 1 N–H and O–H groups in total. The summed E-state index contributed by atoms with van der Waals surface area (Å²) in [4.78, 5) is 17.9. The minimum absolute atomic E-state index is 0.00356. The molecule has 0 aliphatic carbocycles. The van der Waals surface area contributed by atoms with Crippen LogP contribution < -0.4 is 5.32 Å². The van der Waals surface area contributed by atoms with E-state index in [-0.39, 0.29) is 11.5 Å². The van der Waals surface area contributed by atoms with Gasteiger partial charge < -0.3 is 10.2 Å². The summed E-state index contributed by atoms with van der Waals surface area (Å²) in [5.41, 5.74) is 0.0821. The van der Waals surface area contributed by atoms with Crippen LogP contribution in [-0.2, 0) is 4.79 Å². The molecular formula is C17H31N3O. The Bertz CT molecular complexity index is 395. The van der Waals surface area contributed by atoms with Gasteiger partial charge in [-0.1, -0.05) is 20.3 Å². The number of fused-ring (bicyclic) bond motifs is 1. The molecule has 3 heterocycles. The lowest BCUT2D eigenvalue weighted by atomic mass is 9.76. The number of rotatable bonds is 1. The zero-order chi connectivity index (χ0) is 15.0. The summed E-state index contributed by atoms with van der Waals surface area (Å²) in [7, 11) is 0. The lowest BCUT2D eigenvalue weighted by Gasteiger charge is -2.50. The number of amides is 1. The number of hydrogen-bond acceptors (Lipinski definition) is 3. The van der Waals surface area contributed by atoms with Crippen molar-refractivity contribution in [1.29, 1.82) is 0 Å². The molecule has 4 nitrogen and oxygen atoms in total. The van der Waals surface area contributed by atoms with Crippen LogP contribution in [0.2, 0.25) is 0 Å². The monoisotopic (exact) mass is 293 g/mol. The molecule has 0 saturated carbocycles. The van der Waals surface area contributed by atoms with Gasteiger partial charge in [-0.2, -0.15) is 0 Å². The highest BCUT2D eigenvalue weighted by atomic mass is 16.2. The lowest BCUT2D eigenvalue weighted by Crippen LogP contribution is -2.65. The number of nitrogens with zero attached hydrogens (tertiary/aromatic N) is 2. The van der Waals surface area contributed by atoms with Gasteiger partial charge in [0.2, 0.25) is 5.91 Å². The Kier molecular flexibility index (Phi) is 4.28. The third-order valence-electron chi connectivity index (χ3n) is 5.85. The maximum atomic E-state index is 13.1. The maximum Gasteiger partial charge on any atom is 0.240 e. The SMILES string of the molecule is CC1CN2CCCCC2CN1C(=O)C1NCCCC1(C)C. The summed E-state index contributed by atoms with van der Waals surface area (Å²) in [5, 5.41) is 3.49. The Morgan fingerprint density at radius 2 is 2.00 bits per heavy atom. The van der Waals surface area contributed by atoms with Crippen molar-refractivity contribution in [3.63, 3.8) is 0 Å². The van der Waals surface area contributed by atoms with E-state index in [9.17, 15) is 4.79 Å². The topological polar surface area (TPSA) is 35.6 Å². The van der Waals surface area contributed by atoms with Crippen LogP contribution in [0.1, 0.15) is 52.9 Å². The van der Waals surface area contributed by atoms with E-state index in [1.165, 1.54) is 32.2 Å². The van der Waals surface area contributed by atoms with Crippen LogP contribution in [0.3, 0.4) is 0 Å². The standard InChI is InChI=1S/C17H31N3O/c1-13-11-19-10-5-4-7-14(19)12-20(13)16(21)15-17(2,3)8-6-9-18-15/h13-15,18H,4-12H2,1-3H3. The van der Waals surface area contributed by atoms with Crippen molar-refractivity contribution in [2.45, 2.75) is 71.0 Å². The first-order chi connectivity index (χ1) is 9.99. The van der Waals surface area contributed by atoms with E-state index < -0.39 is 0 Å². The predicted octanol–water partition coefficient (Wildman–Crippen LogP) is 1.85. The van der Waals surface area contributed by atoms with E-state index in [1.54, 1.807) is 0 Å². The second-order valence-corrected chi connectivity index (χ2v) is 7.96. The summed E-state index contributed by atoms with van der Waals surface area (Å²) in [6.45, 7) is 10.9. The Labute approximate surface area is 129 Å². The third kappa shape index (κ3) is 2.98. The fraction of sp³-hybridized carbons (Fsp3) is 0.941. The number of nitrogens with one attached hydrogen (secondary N) is 1. The summed E-state index contributed by atoms with van der Waals surface area (Å²) in [5.74, 6) is 0.345. The first-order valence-electron chi connectivity index (χ1n) is 8.77. The van der Waals surface area contributed by atoms with Crippen LogP contribution in [-0.4, -0.2) is 60.0 Å². The van der Waals surface area contributed by atoms with Crippen molar-refractivity contribution >= 4 is 5.91 Å². The number of carbonyl (C=O) groups excluding carboxylic acids is 1. The molecule has 0 spiro atoms. The first-order valence-corrected chi connectivity index (χ1v) is 8.77. The average molecular weight is 293 g/mol. The van der Waals surface area contributed by atoms with Gasteiger partial charge in [-0.15, -0.1) is 0 Å². The molecule has 3 rings (SSSR count). The summed E-state index contributed by atoms with van der Waals surface area (Å²) < 4.78 is 0. The lowest BCUT2D eigenvalue weighted by molar-refractivity contribution is -0.144. The highest BCUT2D eigenvalue weighted by molar-refractivity contribution is 5.83. The molecule has 3 aliphatic heterocycles. The summed E-state index contributed by atoms with van der Waals surface area (Å²) >= 11 is 0. The smallest absolute Gasteiger partial charge is 0.240 e. The molecule has 3 atom stereocenters. The van der Waals surface area contributed by atoms with E-state index in [2.05, 4.69) is 35.9 Å². The third-order valence-corrected chi connectivity index (χ3v) is 5.85. The largest absolute Gasteiger partial charge is 0.336 e. The van der Waals surface area contributed by atoms with E-state index in [1.807, 2.05) is 0 Å². The average Bonchev–Trinajstić information content (AvgIpc) is 2.45. The van der Waals surface area contributed by atoms with E-state index in [0.717, 1.165) is 26.1 Å². The van der Waals surface area contributed by atoms with Gasteiger partial charge in [-0.25, -0.2) is 0 Å². The molecule has 1 amide bonds. The fourth-order valence-corrected chi connectivity index (χ4v) is 4.46. The highest BCUT2D eigenvalue weighted by Crippen LogP contribution is 2.33. The van der Waals surface area contributed by atoms with Crippen LogP contribution in [0.25, 0.3) is 0 Å². The van der Waals surface area contributed by atoms with Gasteiger partial charge in [0.25, 0.3) is 0 Å². The van der Waals surface area contributed by atoms with Crippen molar-refractivity contribution < 1.29 is 4.79 Å². The second kappa shape index (κ2) is 5.88. The van der Waals surface area contributed by atoms with Crippen LogP contribution in [0.4, 0.5) is 0 Å². The zero-order valence-corrected chi connectivity index (χ0v) is 13.9. The van der Waals surface area contributed by atoms with Crippen LogP contribution in [0.15, 0.2) is 0 Å². The Morgan fingerprint density at radius 1 is 1.19 bits per heavy atom. The van der Waals surface area contributed by atoms with Gasteiger partial charge in [0.15, 0.2) is 0 Å². The van der Waals surface area contributed by atoms with Gasteiger partial charge >= 0.3 is 0 Å². The molecule has 3 saturated heterocycles. The number of hydrogen-bond donors (Lipinski definition) is 1. The Balaban J connectivity index is 1.71. The van der Waals surface area contributed by atoms with Crippen molar-refractivity contribution in [3.05, 3.63) is 0 Å². The van der Waals surface area contributed by atoms with Gasteiger partial charge in [-0.3, -0.25) is 9.69 Å². The van der Waals surface area contributed by atoms with Gasteiger partial charge in [-0.05, 0) is 51.1 Å². The first kappa shape index (κ1) is 15.3. The van der Waals surface area contributed by atoms with Gasteiger partial charge in [0.1, 0.15) is 0 Å². The van der Waals surface area contributed by atoms with Crippen LogP contribution in [0.5, 0.6) is 0 Å². The van der Waals surface area contributed by atoms with E-state index in [0.29, 0.717) is 18.0 Å². The quantitative estimate of drug-likeness (QED) is 0.801. The molecule has 0 aromatic rings. The molecular weight excluding hydrogens is 262 g/mol. The maximum absolute atomic E-state index is 13.1. The molecule has 0 aromatic carbocycles. The zero-order valence-electron chi connectivity index (χ0n) is 13.9. The molecule has 4 heteroatoms. The van der Waals surface area contributed by atoms with Crippen molar-refractivity contribution in [2.75, 3.05) is 26.2 Å². The van der Waals surface area contributed by atoms with Crippen molar-refractivity contribution in [2.24, 2.45) is 5.41 Å². The normalized spacial score (nSPS) is 37.1. The molecule has 21 heavy (non-hydrogen) atoms.